The number of nitro groups is 1. The molecule has 0 radical (unpaired) electrons. The van der Waals surface area contributed by atoms with E-state index in [0.717, 1.165) is 0 Å². The van der Waals surface area contributed by atoms with E-state index in [0.29, 0.717) is 0 Å². The fourth-order valence-corrected chi connectivity index (χ4v) is 0.423. The van der Waals surface area contributed by atoms with E-state index in [4.69, 9.17) is 10.1 Å². The van der Waals surface area contributed by atoms with Gasteiger partial charge >= 0.3 is 29.3 Å². The summed E-state index contributed by atoms with van der Waals surface area (Å²) in [5.41, 5.74) is 0. The van der Waals surface area contributed by atoms with Crippen LogP contribution >= 0.6 is 10.4 Å². The minimum atomic E-state index is -10.1. The summed E-state index contributed by atoms with van der Waals surface area (Å²) in [7, 11) is -10.1. The molecule has 1 N–H and O–H groups in total. The van der Waals surface area contributed by atoms with Gasteiger partial charge in [0.2, 0.25) is 0 Å². The maximum absolute atomic E-state index is 10.9. The fraction of sp³-hybridized carbons (Fsp3) is 0. The second-order valence-electron chi connectivity index (χ2n) is 1.32. The molecule has 0 saturated heterocycles. The van der Waals surface area contributed by atoms with Crippen molar-refractivity contribution < 1.29 is 24.5 Å². The maximum atomic E-state index is 10.9. The molecule has 0 rings (SSSR count). The van der Waals surface area contributed by atoms with Crippen molar-refractivity contribution in [3.63, 3.8) is 0 Å². The summed E-state index contributed by atoms with van der Waals surface area (Å²) in [6, 6.07) is 0. The van der Waals surface area contributed by atoms with E-state index in [1.807, 2.05) is 0 Å². The van der Waals surface area contributed by atoms with Gasteiger partial charge in [-0.3, -0.25) is 0 Å². The number of hydrogen-bond acceptors (Lipinski definition) is 2. The summed E-state index contributed by atoms with van der Waals surface area (Å²) in [6.07, 6.45) is 0. The minimum absolute atomic E-state index is 0. The molecule has 0 saturated carbocycles. The van der Waals surface area contributed by atoms with Gasteiger partial charge in [0.1, 0.15) is 0 Å². The van der Waals surface area contributed by atoms with Gasteiger partial charge < -0.3 is 0 Å². The molecule has 4 nitrogen and oxygen atoms in total. The molecule has 0 amide bonds. The van der Waals surface area contributed by atoms with Crippen LogP contribution < -0.4 is 4.83 Å². The van der Waals surface area contributed by atoms with Crippen LogP contribution in [0.4, 0.5) is 19.4 Å². The zero-order valence-corrected chi connectivity index (χ0v) is 4.88. The van der Waals surface area contributed by atoms with Crippen LogP contribution in [0.3, 0.4) is 0 Å². The van der Waals surface area contributed by atoms with Crippen molar-refractivity contribution >= 4 is 29.3 Å². The Balaban J connectivity index is 0. The van der Waals surface area contributed by atoms with Crippen LogP contribution in [-0.4, -0.2) is 23.9 Å². The molecular formula is H2F5LiN2O2S. The van der Waals surface area contributed by atoms with Gasteiger partial charge in [-0.25, -0.2) is 10.1 Å². The first kappa shape index (κ1) is 13.4. The molecule has 66 valence electrons. The van der Waals surface area contributed by atoms with E-state index in [1.54, 1.807) is 0 Å². The first-order valence-corrected chi connectivity index (χ1v) is 3.52. The summed E-state index contributed by atoms with van der Waals surface area (Å²) in [6.45, 7) is 0. The molecular weight excluding hydrogens is 194 g/mol. The summed E-state index contributed by atoms with van der Waals surface area (Å²) < 4.78 is 54.6. The van der Waals surface area contributed by atoms with Crippen molar-refractivity contribution in [2.24, 2.45) is 0 Å². The van der Waals surface area contributed by atoms with E-state index in [2.05, 4.69) is 0 Å². The number of hydrogen-bond donors (Lipinski definition) is 1. The SMILES string of the molecule is O=[N+]([O-])NS(F)(F)(F)(F)F.[LiH]. The number of halogens is 5. The number of hydrazine groups is 1. The van der Waals surface area contributed by atoms with Crippen molar-refractivity contribution in [2.75, 3.05) is 0 Å². The first-order chi connectivity index (χ1) is 3.89. The Morgan fingerprint density at radius 2 is 1.45 bits per heavy atom. The second kappa shape index (κ2) is 2.15. The predicted molar refractivity (Wildman–Crippen MR) is 30.4 cm³/mol. The normalized spacial score (nSPS) is 17.2. The Kier molecular flexibility index (Phi) is 2.61. The zero-order chi connectivity index (χ0) is 8.69. The topological polar surface area (TPSA) is 55.2 Å². The van der Waals surface area contributed by atoms with E-state index in [9.17, 15) is 19.4 Å². The van der Waals surface area contributed by atoms with Crippen LogP contribution in [0.2, 0.25) is 0 Å². The molecule has 0 aliphatic carbocycles. The average Bonchev–Trinajstić information content (AvgIpc) is 1.12. The molecule has 0 aliphatic heterocycles. The summed E-state index contributed by atoms with van der Waals surface area (Å²) in [5, 5.41) is 6.60. The summed E-state index contributed by atoms with van der Waals surface area (Å²) in [5.74, 6) is 0. The van der Waals surface area contributed by atoms with Gasteiger partial charge in [0.05, 0.1) is 0 Å². The van der Waals surface area contributed by atoms with Crippen LogP contribution in [0, 0.1) is 10.1 Å². The molecule has 0 fully saturated rings. The number of nitrogens with one attached hydrogen (secondary N) is 1. The third-order valence-electron chi connectivity index (χ3n) is 0.247. The Labute approximate surface area is 69.3 Å². The van der Waals surface area contributed by atoms with Crippen molar-refractivity contribution in [1.29, 1.82) is 0 Å². The summed E-state index contributed by atoms with van der Waals surface area (Å²) in [4.78, 5) is 7.99. The number of nitrogens with zero attached hydrogens (tertiary/aromatic N) is 1. The molecule has 0 heterocycles. The average molecular weight is 196 g/mol. The second-order valence-corrected chi connectivity index (χ2v) is 3.44. The van der Waals surface area contributed by atoms with E-state index in [-0.39, 0.29) is 18.9 Å². The van der Waals surface area contributed by atoms with Crippen molar-refractivity contribution in [3.8, 4) is 0 Å². The first-order valence-electron chi connectivity index (χ1n) is 1.56. The Morgan fingerprint density at radius 3 is 1.45 bits per heavy atom. The van der Waals surface area contributed by atoms with Gasteiger partial charge in [-0.15, -0.1) is 0 Å². The molecule has 0 bridgehead atoms. The Bertz CT molecular complexity index is 170. The predicted octanol–water partition coefficient (Wildman–Crippen LogP) is 1.33. The van der Waals surface area contributed by atoms with Gasteiger partial charge in [0, 0.05) is 4.83 Å². The van der Waals surface area contributed by atoms with E-state index in [1.165, 1.54) is 0 Å². The van der Waals surface area contributed by atoms with Gasteiger partial charge in [-0.05, 0) is 0 Å². The number of rotatable bonds is 2. The quantitative estimate of drug-likeness (QED) is 0.313. The monoisotopic (exact) mass is 196 g/mol. The summed E-state index contributed by atoms with van der Waals surface area (Å²) >= 11 is 0. The molecule has 0 aliphatic rings. The third kappa shape index (κ3) is 12.9. The van der Waals surface area contributed by atoms with Gasteiger partial charge in [0.25, 0.3) is 0 Å². The zero-order valence-electron chi connectivity index (χ0n) is 4.06. The van der Waals surface area contributed by atoms with Crippen LogP contribution in [-0.2, 0) is 0 Å². The standard InChI is InChI=1S/F5HN2O2S.Li.H/c1-10(2,3,4,5)6-7(8)9;;/h6H;;. The van der Waals surface area contributed by atoms with Crippen LogP contribution in [0.25, 0.3) is 0 Å². The van der Waals surface area contributed by atoms with Gasteiger partial charge in [-0.2, -0.15) is 0 Å². The van der Waals surface area contributed by atoms with E-state index < -0.39 is 20.3 Å². The van der Waals surface area contributed by atoms with Crippen molar-refractivity contribution in [1.82, 2.24) is 4.83 Å². The Morgan fingerprint density at radius 1 is 1.18 bits per heavy atom. The molecule has 0 unspecified atom stereocenters. The van der Waals surface area contributed by atoms with Gasteiger partial charge in [0.15, 0.2) is 5.03 Å². The molecule has 0 aromatic heterocycles. The van der Waals surface area contributed by atoms with Gasteiger partial charge in [-0.1, -0.05) is 19.4 Å². The molecule has 11 heteroatoms. The molecule has 0 atom stereocenters. The van der Waals surface area contributed by atoms with Crippen LogP contribution in [0.15, 0.2) is 0 Å². The Hall–Kier alpha value is -0.203. The fourth-order valence-electron chi connectivity index (χ4n) is 0.141. The van der Waals surface area contributed by atoms with Crippen LogP contribution in [0.1, 0.15) is 0 Å². The van der Waals surface area contributed by atoms with E-state index >= 15 is 0 Å². The van der Waals surface area contributed by atoms with Crippen molar-refractivity contribution in [2.45, 2.75) is 0 Å². The molecule has 0 spiro atoms. The molecule has 11 heavy (non-hydrogen) atoms. The molecule has 0 aromatic carbocycles. The van der Waals surface area contributed by atoms with Crippen molar-refractivity contribution in [3.05, 3.63) is 10.1 Å². The van der Waals surface area contributed by atoms with Crippen LogP contribution in [0.5, 0.6) is 0 Å². The third-order valence-corrected chi connectivity index (χ3v) is 0.741. The molecule has 0 aromatic rings.